The smallest absolute Gasteiger partial charge is 0.164 e. The van der Waals surface area contributed by atoms with Crippen molar-refractivity contribution in [3.8, 4) is 5.69 Å². The van der Waals surface area contributed by atoms with Crippen LogP contribution in [0.3, 0.4) is 0 Å². The standard InChI is InChI=1S/C17H14ClN5/c18-12-6-7-14-13(8-12)17(11-4-2-1-3-5-11)20-10-16-21-15(9-19)22-23(14)16/h1-8H,9-10,19H2. The van der Waals surface area contributed by atoms with E-state index in [1.54, 1.807) is 0 Å². The molecule has 0 saturated carbocycles. The van der Waals surface area contributed by atoms with Gasteiger partial charge in [-0.3, -0.25) is 4.99 Å². The van der Waals surface area contributed by atoms with Crippen LogP contribution in [0.15, 0.2) is 53.5 Å². The lowest BCUT2D eigenvalue weighted by molar-refractivity contribution is 0.787. The molecule has 0 saturated heterocycles. The molecule has 0 bridgehead atoms. The molecule has 0 amide bonds. The summed E-state index contributed by atoms with van der Waals surface area (Å²) < 4.78 is 1.81. The minimum atomic E-state index is 0.304. The first-order valence-electron chi connectivity index (χ1n) is 7.31. The van der Waals surface area contributed by atoms with Crippen molar-refractivity contribution in [2.24, 2.45) is 10.7 Å². The highest BCUT2D eigenvalue weighted by Crippen LogP contribution is 2.26. The van der Waals surface area contributed by atoms with Gasteiger partial charge in [-0.2, -0.15) is 0 Å². The topological polar surface area (TPSA) is 69.1 Å². The van der Waals surface area contributed by atoms with Gasteiger partial charge in [0.15, 0.2) is 11.6 Å². The fourth-order valence-corrected chi connectivity index (χ4v) is 2.91. The van der Waals surface area contributed by atoms with Crippen molar-refractivity contribution in [3.63, 3.8) is 0 Å². The van der Waals surface area contributed by atoms with Crippen LogP contribution < -0.4 is 5.73 Å². The summed E-state index contributed by atoms with van der Waals surface area (Å²) in [5.41, 5.74) is 9.46. The van der Waals surface area contributed by atoms with Crippen LogP contribution in [0.5, 0.6) is 0 Å². The number of rotatable bonds is 2. The van der Waals surface area contributed by atoms with Crippen molar-refractivity contribution >= 4 is 17.3 Å². The second kappa shape index (κ2) is 5.61. The highest BCUT2D eigenvalue weighted by molar-refractivity contribution is 6.31. The molecule has 2 aromatic carbocycles. The monoisotopic (exact) mass is 323 g/mol. The molecule has 0 spiro atoms. The SMILES string of the molecule is NCc1nc2n(n1)-c1ccc(Cl)cc1C(c1ccccc1)=NC2. The van der Waals surface area contributed by atoms with Crippen LogP contribution in [-0.4, -0.2) is 20.5 Å². The maximum Gasteiger partial charge on any atom is 0.164 e. The Labute approximate surface area is 138 Å². The third-order valence-electron chi connectivity index (χ3n) is 3.77. The molecule has 1 aliphatic rings. The van der Waals surface area contributed by atoms with Crippen LogP contribution in [0, 0.1) is 0 Å². The molecule has 23 heavy (non-hydrogen) atoms. The second-order valence-electron chi connectivity index (χ2n) is 5.25. The van der Waals surface area contributed by atoms with E-state index in [-0.39, 0.29) is 0 Å². The highest BCUT2D eigenvalue weighted by Gasteiger charge is 2.21. The minimum Gasteiger partial charge on any atom is -0.324 e. The van der Waals surface area contributed by atoms with Gasteiger partial charge in [-0.1, -0.05) is 41.9 Å². The number of halogens is 1. The molecule has 2 heterocycles. The summed E-state index contributed by atoms with van der Waals surface area (Å²) in [5.74, 6) is 1.39. The molecule has 1 aromatic heterocycles. The third-order valence-corrected chi connectivity index (χ3v) is 4.00. The van der Waals surface area contributed by atoms with E-state index in [4.69, 9.17) is 22.3 Å². The van der Waals surface area contributed by atoms with Gasteiger partial charge >= 0.3 is 0 Å². The van der Waals surface area contributed by atoms with Crippen LogP contribution in [0.25, 0.3) is 5.69 Å². The number of aromatic nitrogens is 3. The first-order chi connectivity index (χ1) is 11.3. The predicted molar refractivity (Wildman–Crippen MR) is 90.0 cm³/mol. The highest BCUT2D eigenvalue weighted by atomic mass is 35.5. The molecule has 4 rings (SSSR count). The van der Waals surface area contributed by atoms with Crippen molar-refractivity contribution in [1.82, 2.24) is 14.8 Å². The number of nitrogens with two attached hydrogens (primary N) is 1. The zero-order valence-corrected chi connectivity index (χ0v) is 13.0. The first-order valence-corrected chi connectivity index (χ1v) is 7.69. The average Bonchev–Trinajstić information content (AvgIpc) is 2.93. The fourth-order valence-electron chi connectivity index (χ4n) is 2.73. The Morgan fingerprint density at radius 3 is 2.74 bits per heavy atom. The van der Waals surface area contributed by atoms with E-state index in [2.05, 4.69) is 10.1 Å². The molecular formula is C17H14ClN5. The lowest BCUT2D eigenvalue weighted by Gasteiger charge is -2.11. The molecule has 6 heteroatoms. The van der Waals surface area contributed by atoms with Crippen LogP contribution >= 0.6 is 11.6 Å². The maximum absolute atomic E-state index is 6.22. The Morgan fingerprint density at radius 1 is 1.13 bits per heavy atom. The summed E-state index contributed by atoms with van der Waals surface area (Å²) in [7, 11) is 0. The average molecular weight is 324 g/mol. The van der Waals surface area contributed by atoms with E-state index < -0.39 is 0 Å². The summed E-state index contributed by atoms with van der Waals surface area (Å²) >= 11 is 6.22. The van der Waals surface area contributed by atoms with Crippen molar-refractivity contribution in [2.45, 2.75) is 13.1 Å². The number of hydrogen-bond acceptors (Lipinski definition) is 4. The largest absolute Gasteiger partial charge is 0.324 e. The van der Waals surface area contributed by atoms with Crippen LogP contribution in [-0.2, 0) is 13.1 Å². The molecule has 5 nitrogen and oxygen atoms in total. The zero-order valence-electron chi connectivity index (χ0n) is 12.3. The van der Waals surface area contributed by atoms with Crippen LogP contribution in [0.1, 0.15) is 22.8 Å². The maximum atomic E-state index is 6.22. The van der Waals surface area contributed by atoms with E-state index in [1.807, 2.05) is 53.2 Å². The van der Waals surface area contributed by atoms with Crippen molar-refractivity contribution in [1.29, 1.82) is 0 Å². The number of aliphatic imine (C=N–C) groups is 1. The van der Waals surface area contributed by atoms with Crippen molar-refractivity contribution < 1.29 is 0 Å². The summed E-state index contributed by atoms with van der Waals surface area (Å²) in [4.78, 5) is 9.22. The third kappa shape index (κ3) is 2.44. The summed E-state index contributed by atoms with van der Waals surface area (Å²) in [6, 6.07) is 15.8. The van der Waals surface area contributed by atoms with E-state index in [1.165, 1.54) is 0 Å². The molecular weight excluding hydrogens is 310 g/mol. The molecule has 0 fully saturated rings. The summed E-state index contributed by atoms with van der Waals surface area (Å²) in [5, 5.41) is 5.15. The zero-order chi connectivity index (χ0) is 15.8. The van der Waals surface area contributed by atoms with Gasteiger partial charge in [-0.25, -0.2) is 9.67 Å². The molecule has 0 unspecified atom stereocenters. The predicted octanol–water partition coefficient (Wildman–Crippen LogP) is 2.73. The lowest BCUT2D eigenvalue weighted by Crippen LogP contribution is -2.08. The Bertz CT molecular complexity index is 899. The normalized spacial score (nSPS) is 13.0. The molecule has 1 aliphatic heterocycles. The molecule has 3 aromatic rings. The Kier molecular flexibility index (Phi) is 3.44. The van der Waals surface area contributed by atoms with Crippen LogP contribution in [0.2, 0.25) is 5.02 Å². The van der Waals surface area contributed by atoms with Crippen molar-refractivity contribution in [3.05, 3.63) is 76.3 Å². The van der Waals surface area contributed by atoms with Gasteiger partial charge in [-0.05, 0) is 18.2 Å². The lowest BCUT2D eigenvalue weighted by atomic mass is 10.0. The van der Waals surface area contributed by atoms with Crippen LogP contribution in [0.4, 0.5) is 0 Å². The van der Waals surface area contributed by atoms with Crippen molar-refractivity contribution in [2.75, 3.05) is 0 Å². The first kappa shape index (κ1) is 14.1. The number of hydrogen-bond donors (Lipinski definition) is 1. The Hall–Kier alpha value is -2.50. The van der Waals surface area contributed by atoms with Gasteiger partial charge in [0.05, 0.1) is 24.5 Å². The minimum absolute atomic E-state index is 0.304. The molecule has 0 aliphatic carbocycles. The van der Waals surface area contributed by atoms with E-state index >= 15 is 0 Å². The quantitative estimate of drug-likeness (QED) is 0.788. The van der Waals surface area contributed by atoms with Gasteiger partial charge < -0.3 is 5.73 Å². The molecule has 114 valence electrons. The molecule has 2 N–H and O–H groups in total. The van der Waals surface area contributed by atoms with Gasteiger partial charge in [0.25, 0.3) is 0 Å². The molecule has 0 radical (unpaired) electrons. The van der Waals surface area contributed by atoms with Gasteiger partial charge in [0.1, 0.15) is 0 Å². The molecule has 0 atom stereocenters. The Balaban J connectivity index is 1.96. The second-order valence-corrected chi connectivity index (χ2v) is 5.69. The summed E-state index contributed by atoms with van der Waals surface area (Å²) in [6.45, 7) is 0.752. The number of benzene rings is 2. The number of fused-ring (bicyclic) bond motifs is 3. The van der Waals surface area contributed by atoms with E-state index in [9.17, 15) is 0 Å². The van der Waals surface area contributed by atoms with E-state index in [0.29, 0.717) is 23.9 Å². The fraction of sp³-hybridized carbons (Fsp3) is 0.118. The van der Waals surface area contributed by atoms with Gasteiger partial charge in [-0.15, -0.1) is 5.10 Å². The van der Waals surface area contributed by atoms with E-state index in [0.717, 1.165) is 28.4 Å². The van der Waals surface area contributed by atoms with Gasteiger partial charge in [0.2, 0.25) is 0 Å². The Morgan fingerprint density at radius 2 is 1.96 bits per heavy atom. The number of nitrogens with zero attached hydrogens (tertiary/aromatic N) is 4. The van der Waals surface area contributed by atoms with Gasteiger partial charge in [0, 0.05) is 16.1 Å². The summed E-state index contributed by atoms with van der Waals surface area (Å²) in [6.07, 6.45) is 0.